The minimum absolute atomic E-state index is 0.133. The van der Waals surface area contributed by atoms with Crippen molar-refractivity contribution in [1.82, 2.24) is 0 Å². The highest BCUT2D eigenvalue weighted by Gasteiger charge is 2.37. The molecule has 0 aliphatic heterocycles. The van der Waals surface area contributed by atoms with E-state index in [4.69, 9.17) is 9.16 Å². The first kappa shape index (κ1) is 21.8. The molecule has 140 valence electrons. The Balaban J connectivity index is 2.24. The van der Waals surface area contributed by atoms with Gasteiger partial charge in [0.2, 0.25) is 0 Å². The molecule has 1 aromatic carbocycles. The van der Waals surface area contributed by atoms with E-state index in [1.165, 1.54) is 5.56 Å². The van der Waals surface area contributed by atoms with Crippen molar-refractivity contribution in [2.45, 2.75) is 65.3 Å². The van der Waals surface area contributed by atoms with E-state index in [0.29, 0.717) is 19.6 Å². The molecule has 1 rings (SSSR count). The summed E-state index contributed by atoms with van der Waals surface area (Å²) >= 11 is 0. The maximum atomic E-state index is 12.1. The zero-order valence-corrected chi connectivity index (χ0v) is 17.7. The summed E-state index contributed by atoms with van der Waals surface area (Å²) in [6, 6.07) is 10.1. The van der Waals surface area contributed by atoms with E-state index < -0.39 is 8.32 Å². The van der Waals surface area contributed by atoms with Gasteiger partial charge in [0, 0.05) is 6.42 Å². The zero-order valence-electron chi connectivity index (χ0n) is 16.7. The fraction of sp³-hybridized carbons (Fsp3) is 0.571. The molecule has 0 aliphatic rings. The van der Waals surface area contributed by atoms with Crippen LogP contribution < -0.4 is 0 Å². The average Bonchev–Trinajstić information content (AvgIpc) is 2.52. The normalized spacial score (nSPS) is 13.1. The lowest BCUT2D eigenvalue weighted by molar-refractivity contribution is -0.120. The molecule has 0 unspecified atom stereocenters. The maximum absolute atomic E-state index is 12.1. The van der Waals surface area contributed by atoms with Crippen LogP contribution in [0.25, 0.3) is 0 Å². The van der Waals surface area contributed by atoms with Crippen molar-refractivity contribution in [3.8, 4) is 0 Å². The van der Waals surface area contributed by atoms with Crippen molar-refractivity contribution < 1.29 is 14.0 Å². The Morgan fingerprint density at radius 2 is 1.80 bits per heavy atom. The number of ether oxygens (including phenoxy) is 1. The van der Waals surface area contributed by atoms with Crippen molar-refractivity contribution in [1.29, 1.82) is 0 Å². The van der Waals surface area contributed by atoms with E-state index in [1.54, 1.807) is 0 Å². The molecule has 0 spiro atoms. The van der Waals surface area contributed by atoms with E-state index in [1.807, 2.05) is 25.1 Å². The number of carbonyl (C=O) groups excluding carboxylic acids is 1. The van der Waals surface area contributed by atoms with Crippen LogP contribution in [0.3, 0.4) is 0 Å². The van der Waals surface area contributed by atoms with Gasteiger partial charge in [-0.15, -0.1) is 0 Å². The summed E-state index contributed by atoms with van der Waals surface area (Å²) < 4.78 is 11.6. The fourth-order valence-corrected chi connectivity index (χ4v) is 3.02. The van der Waals surface area contributed by atoms with Crippen LogP contribution in [0.2, 0.25) is 18.1 Å². The second kappa shape index (κ2) is 10.0. The summed E-state index contributed by atoms with van der Waals surface area (Å²) in [4.78, 5) is 12.1. The van der Waals surface area contributed by atoms with E-state index in [0.717, 1.165) is 12.0 Å². The first-order valence-corrected chi connectivity index (χ1v) is 12.0. The second-order valence-corrected chi connectivity index (χ2v) is 13.0. The SMILES string of the molecule is C/C(=C\CCOCc1ccccc1)CC(=O)CO[Si](C)(C)C(C)(C)C. The predicted octanol–water partition coefficient (Wildman–Crippen LogP) is 5.52. The molecular weight excluding hydrogens is 328 g/mol. The van der Waals surface area contributed by atoms with Crippen LogP contribution in [-0.4, -0.2) is 27.3 Å². The lowest BCUT2D eigenvalue weighted by Gasteiger charge is -2.35. The molecule has 0 heterocycles. The Kier molecular flexibility index (Phi) is 8.76. The molecule has 25 heavy (non-hydrogen) atoms. The maximum Gasteiger partial charge on any atom is 0.192 e. The van der Waals surface area contributed by atoms with Crippen molar-refractivity contribution >= 4 is 14.1 Å². The van der Waals surface area contributed by atoms with Crippen molar-refractivity contribution in [2.75, 3.05) is 13.2 Å². The molecule has 0 atom stereocenters. The van der Waals surface area contributed by atoms with Crippen LogP contribution in [0.1, 0.15) is 46.1 Å². The molecule has 0 aliphatic carbocycles. The third kappa shape index (κ3) is 8.61. The Labute approximate surface area is 154 Å². The largest absolute Gasteiger partial charge is 0.410 e. The summed E-state index contributed by atoms with van der Waals surface area (Å²) in [5.74, 6) is 0.156. The van der Waals surface area contributed by atoms with Gasteiger partial charge in [-0.05, 0) is 37.0 Å². The monoisotopic (exact) mass is 362 g/mol. The smallest absolute Gasteiger partial charge is 0.192 e. The number of Topliss-reactive ketones (excluding diaryl/α,β-unsaturated/α-hetero) is 1. The van der Waals surface area contributed by atoms with E-state index in [2.05, 4.69) is 52.1 Å². The van der Waals surface area contributed by atoms with Gasteiger partial charge in [0.15, 0.2) is 14.1 Å². The first-order valence-electron chi connectivity index (χ1n) is 9.05. The molecular formula is C21H34O3Si. The van der Waals surface area contributed by atoms with Crippen molar-refractivity contribution in [3.05, 3.63) is 47.5 Å². The Bertz CT molecular complexity index is 556. The molecule has 0 radical (unpaired) electrons. The number of benzene rings is 1. The van der Waals surface area contributed by atoms with Gasteiger partial charge in [-0.25, -0.2) is 0 Å². The Hall–Kier alpha value is -1.23. The summed E-state index contributed by atoms with van der Waals surface area (Å²) in [6.45, 7) is 14.4. The number of rotatable bonds is 10. The molecule has 1 aromatic rings. The van der Waals surface area contributed by atoms with Crippen LogP contribution in [-0.2, 0) is 20.6 Å². The number of hydrogen-bond acceptors (Lipinski definition) is 3. The summed E-state index contributed by atoms with van der Waals surface area (Å²) in [5, 5.41) is 0.133. The molecule has 0 bridgehead atoms. The van der Waals surface area contributed by atoms with Gasteiger partial charge >= 0.3 is 0 Å². The minimum atomic E-state index is -1.85. The molecule has 0 fully saturated rings. The summed E-state index contributed by atoms with van der Waals surface area (Å²) in [6.07, 6.45) is 3.39. The lowest BCUT2D eigenvalue weighted by Crippen LogP contribution is -2.42. The quantitative estimate of drug-likeness (QED) is 0.312. The van der Waals surface area contributed by atoms with Gasteiger partial charge in [0.25, 0.3) is 0 Å². The van der Waals surface area contributed by atoms with Gasteiger partial charge in [0.05, 0.1) is 19.8 Å². The third-order valence-corrected chi connectivity index (χ3v) is 9.22. The van der Waals surface area contributed by atoms with E-state index in [-0.39, 0.29) is 17.4 Å². The topological polar surface area (TPSA) is 35.5 Å². The van der Waals surface area contributed by atoms with Crippen LogP contribution in [0.15, 0.2) is 42.0 Å². The van der Waals surface area contributed by atoms with Crippen molar-refractivity contribution in [2.24, 2.45) is 0 Å². The zero-order chi connectivity index (χ0) is 18.9. The first-order chi connectivity index (χ1) is 11.6. The van der Waals surface area contributed by atoms with Crippen LogP contribution in [0, 0.1) is 0 Å². The fourth-order valence-electron chi connectivity index (χ4n) is 2.06. The van der Waals surface area contributed by atoms with Gasteiger partial charge in [-0.2, -0.15) is 0 Å². The molecule has 4 heteroatoms. The number of hydrogen-bond donors (Lipinski definition) is 0. The van der Waals surface area contributed by atoms with Gasteiger partial charge < -0.3 is 9.16 Å². The highest BCUT2D eigenvalue weighted by molar-refractivity contribution is 6.74. The molecule has 0 amide bonds. The highest BCUT2D eigenvalue weighted by atomic mass is 28.4. The summed E-state index contributed by atoms with van der Waals surface area (Å²) in [7, 11) is -1.85. The molecule has 3 nitrogen and oxygen atoms in total. The second-order valence-electron chi connectivity index (χ2n) is 8.14. The highest BCUT2D eigenvalue weighted by Crippen LogP contribution is 2.36. The van der Waals surface area contributed by atoms with Crippen LogP contribution >= 0.6 is 0 Å². The van der Waals surface area contributed by atoms with Gasteiger partial charge in [0.1, 0.15) is 0 Å². The van der Waals surface area contributed by atoms with Gasteiger partial charge in [-0.1, -0.05) is 62.8 Å². The lowest BCUT2D eigenvalue weighted by atomic mass is 10.1. The number of allylic oxidation sites excluding steroid dienone is 1. The standard InChI is InChI=1S/C21H34O3Si/c1-18(11-10-14-23-16-19-12-8-7-9-13-19)15-20(22)17-24-25(5,6)21(2,3)4/h7-9,11-13H,10,14-17H2,1-6H3/b18-11+. The van der Waals surface area contributed by atoms with Crippen LogP contribution in [0.4, 0.5) is 0 Å². The average molecular weight is 363 g/mol. The number of ketones is 1. The molecule has 0 saturated heterocycles. The molecule has 0 aromatic heterocycles. The van der Waals surface area contributed by atoms with Gasteiger partial charge in [-0.3, -0.25) is 4.79 Å². The third-order valence-electron chi connectivity index (χ3n) is 4.74. The molecule has 0 N–H and O–H groups in total. The Morgan fingerprint density at radius 1 is 1.16 bits per heavy atom. The molecule has 0 saturated carbocycles. The number of carbonyl (C=O) groups is 1. The van der Waals surface area contributed by atoms with Crippen molar-refractivity contribution in [3.63, 3.8) is 0 Å². The summed E-state index contributed by atoms with van der Waals surface area (Å²) in [5.41, 5.74) is 2.27. The van der Waals surface area contributed by atoms with Crippen LogP contribution in [0.5, 0.6) is 0 Å². The predicted molar refractivity (Wildman–Crippen MR) is 107 cm³/mol. The van der Waals surface area contributed by atoms with E-state index in [9.17, 15) is 4.79 Å². The van der Waals surface area contributed by atoms with E-state index >= 15 is 0 Å². The minimum Gasteiger partial charge on any atom is -0.410 e. The Morgan fingerprint density at radius 3 is 2.40 bits per heavy atom.